The van der Waals surface area contributed by atoms with Gasteiger partial charge in [-0.2, -0.15) is 0 Å². The molecule has 27 heavy (non-hydrogen) atoms. The van der Waals surface area contributed by atoms with E-state index in [2.05, 4.69) is 35.2 Å². The number of aromatic nitrogens is 4. The summed E-state index contributed by atoms with van der Waals surface area (Å²) < 4.78 is 7.57. The Bertz CT molecular complexity index is 831. The summed E-state index contributed by atoms with van der Waals surface area (Å²) in [5.74, 6) is -0.923. The van der Waals surface area contributed by atoms with Crippen LogP contribution in [0.5, 0.6) is 0 Å². The summed E-state index contributed by atoms with van der Waals surface area (Å²) in [7, 11) is -1.79. The molecule has 0 unspecified atom stereocenters. The highest BCUT2D eigenvalue weighted by atomic mass is 32.2. The van der Waals surface area contributed by atoms with Crippen LogP contribution in [0.15, 0.2) is 16.0 Å². The van der Waals surface area contributed by atoms with Crippen LogP contribution in [-0.4, -0.2) is 62.6 Å². The lowest BCUT2D eigenvalue weighted by molar-refractivity contribution is -0.160. The van der Waals surface area contributed by atoms with Gasteiger partial charge in [-0.25, -0.2) is 9.48 Å². The van der Waals surface area contributed by atoms with Crippen molar-refractivity contribution in [3.05, 3.63) is 21.8 Å². The number of thioether (sulfide) groups is 1. The second-order valence-corrected chi connectivity index (χ2v) is 13.1. The lowest BCUT2D eigenvalue weighted by Crippen LogP contribution is -2.63. The van der Waals surface area contributed by atoms with Gasteiger partial charge in [0.05, 0.1) is 18.1 Å². The summed E-state index contributed by atoms with van der Waals surface area (Å²) in [5, 5.41) is 22.5. The molecule has 3 atom stereocenters. The molecule has 1 N–H and O–H groups in total. The Morgan fingerprint density at radius 3 is 2.70 bits per heavy atom. The number of nitrogens with zero attached hydrogens (tertiary/aromatic N) is 5. The van der Waals surface area contributed by atoms with Crippen LogP contribution in [0.4, 0.5) is 0 Å². The van der Waals surface area contributed by atoms with Crippen molar-refractivity contribution in [3.8, 4) is 0 Å². The number of tetrazole rings is 1. The average molecular weight is 410 g/mol. The number of β-lactam (4-membered cyclic amide) rings is 1. The number of hydrogen-bond donors (Lipinski definition) is 1. The Kier molecular flexibility index (Phi) is 5.28. The van der Waals surface area contributed by atoms with Gasteiger partial charge in [-0.3, -0.25) is 4.79 Å². The molecule has 9 nitrogen and oxygen atoms in total. The van der Waals surface area contributed by atoms with E-state index in [0.717, 1.165) is 0 Å². The predicted octanol–water partition coefficient (Wildman–Crippen LogP) is 1.91. The van der Waals surface area contributed by atoms with Gasteiger partial charge in [0, 0.05) is 17.5 Å². The monoisotopic (exact) mass is 409 g/mol. The number of aliphatic carboxylic acids is 1. The van der Waals surface area contributed by atoms with E-state index in [1.807, 2.05) is 6.92 Å². The Hall–Kier alpha value is -1.98. The molecule has 2 aliphatic rings. The van der Waals surface area contributed by atoms with E-state index in [-0.39, 0.29) is 29.7 Å². The van der Waals surface area contributed by atoms with E-state index in [9.17, 15) is 14.7 Å². The number of fused-ring (bicyclic) bond motifs is 1. The smallest absolute Gasteiger partial charge is 0.353 e. The third-order valence-electron chi connectivity index (χ3n) is 4.49. The zero-order chi connectivity index (χ0) is 19.9. The summed E-state index contributed by atoms with van der Waals surface area (Å²) in [6.07, 6.45) is 1.96. The van der Waals surface area contributed by atoms with Crippen molar-refractivity contribution in [1.82, 2.24) is 25.1 Å². The van der Waals surface area contributed by atoms with Gasteiger partial charge in [0.2, 0.25) is 5.91 Å². The Morgan fingerprint density at radius 2 is 2.15 bits per heavy atom. The molecule has 0 spiro atoms. The molecule has 0 aliphatic carbocycles. The maximum atomic E-state index is 12.6. The van der Waals surface area contributed by atoms with Gasteiger partial charge in [-0.1, -0.05) is 11.8 Å². The van der Waals surface area contributed by atoms with E-state index in [1.54, 1.807) is 18.5 Å². The second-order valence-electron chi connectivity index (χ2n) is 7.59. The summed E-state index contributed by atoms with van der Waals surface area (Å²) in [6.45, 7) is 9.90. The number of aryl methyl sites for hydroxylation is 1. The quantitative estimate of drug-likeness (QED) is 0.537. The second kappa shape index (κ2) is 7.21. The molecule has 1 fully saturated rings. The molecule has 0 radical (unpaired) electrons. The molecule has 0 bridgehead atoms. The molecule has 0 aromatic carbocycles. The molecule has 3 heterocycles. The van der Waals surface area contributed by atoms with E-state index >= 15 is 0 Å². The molecular formula is C16H23N5O4SSi. The van der Waals surface area contributed by atoms with Gasteiger partial charge in [0.1, 0.15) is 5.70 Å². The molecule has 1 saturated heterocycles. The first kappa shape index (κ1) is 19.8. The van der Waals surface area contributed by atoms with Crippen molar-refractivity contribution in [2.24, 2.45) is 5.92 Å². The first-order valence-electron chi connectivity index (χ1n) is 8.65. The largest absolute Gasteiger partial charge is 0.477 e. The number of carboxylic acids is 1. The van der Waals surface area contributed by atoms with Gasteiger partial charge in [0.15, 0.2) is 14.1 Å². The highest BCUT2D eigenvalue weighted by Gasteiger charge is 2.57. The molecule has 0 saturated carbocycles. The zero-order valence-electron chi connectivity index (χ0n) is 15.9. The van der Waals surface area contributed by atoms with E-state index in [1.165, 1.54) is 21.3 Å². The molecule has 11 heteroatoms. The average Bonchev–Trinajstić information content (AvgIpc) is 3.07. The fourth-order valence-electron chi connectivity index (χ4n) is 3.50. The molecule has 3 rings (SSSR count). The van der Waals surface area contributed by atoms with Crippen LogP contribution in [0.2, 0.25) is 19.6 Å². The minimum atomic E-state index is -1.79. The standard InChI is InChI=1S/C16H23N5O4SSi/c1-9(25-27(3,4)5)13-11-8-12(14(16(23)24)21(11)15(13)22)26-7-6-20-10(2)17-18-19-20/h6-7,9,11,13H,8H2,1-5H3,(H,23,24)/b7-6+/t9-,11+,13-/m0/s1. The first-order valence-corrected chi connectivity index (χ1v) is 12.9. The van der Waals surface area contributed by atoms with Crippen molar-refractivity contribution < 1.29 is 19.1 Å². The Balaban J connectivity index is 1.74. The van der Waals surface area contributed by atoms with Crippen molar-refractivity contribution in [1.29, 1.82) is 0 Å². The molecule has 1 amide bonds. The van der Waals surface area contributed by atoms with Crippen molar-refractivity contribution in [2.45, 2.75) is 52.1 Å². The van der Waals surface area contributed by atoms with Crippen LogP contribution in [0, 0.1) is 12.8 Å². The van der Waals surface area contributed by atoms with Crippen LogP contribution in [0.3, 0.4) is 0 Å². The zero-order valence-corrected chi connectivity index (χ0v) is 17.7. The Labute approximate surface area is 162 Å². The Morgan fingerprint density at radius 1 is 1.44 bits per heavy atom. The fourth-order valence-corrected chi connectivity index (χ4v) is 5.67. The van der Waals surface area contributed by atoms with Gasteiger partial charge in [0.25, 0.3) is 0 Å². The highest BCUT2D eigenvalue weighted by Crippen LogP contribution is 2.48. The first-order chi connectivity index (χ1) is 12.6. The van der Waals surface area contributed by atoms with Crippen molar-refractivity contribution in [3.63, 3.8) is 0 Å². The number of amides is 1. The van der Waals surface area contributed by atoms with Gasteiger partial charge < -0.3 is 14.4 Å². The van der Waals surface area contributed by atoms with Gasteiger partial charge in [-0.05, 0) is 49.3 Å². The van der Waals surface area contributed by atoms with Gasteiger partial charge >= 0.3 is 5.97 Å². The lowest BCUT2D eigenvalue weighted by atomic mass is 9.83. The van der Waals surface area contributed by atoms with E-state index < -0.39 is 14.3 Å². The number of carbonyl (C=O) groups excluding carboxylic acids is 1. The number of hydrogen-bond acceptors (Lipinski definition) is 7. The molecule has 1 aromatic rings. The van der Waals surface area contributed by atoms with E-state index in [0.29, 0.717) is 17.2 Å². The van der Waals surface area contributed by atoms with Crippen LogP contribution < -0.4 is 0 Å². The molecule has 2 aliphatic heterocycles. The normalized spacial score (nSPS) is 23.7. The topological polar surface area (TPSA) is 110 Å². The van der Waals surface area contributed by atoms with Crippen molar-refractivity contribution in [2.75, 3.05) is 0 Å². The third-order valence-corrected chi connectivity index (χ3v) is 6.47. The number of carbonyl (C=O) groups is 2. The summed E-state index contributed by atoms with van der Waals surface area (Å²) in [5.41, 5.74) is 0.0736. The van der Waals surface area contributed by atoms with E-state index in [4.69, 9.17) is 4.43 Å². The minimum absolute atomic E-state index is 0.0736. The molecular weight excluding hydrogens is 386 g/mol. The van der Waals surface area contributed by atoms with Gasteiger partial charge in [-0.15, -0.1) is 5.10 Å². The third kappa shape index (κ3) is 3.85. The van der Waals surface area contributed by atoms with Crippen LogP contribution in [-0.2, 0) is 14.0 Å². The fraction of sp³-hybridized carbons (Fsp3) is 0.562. The maximum absolute atomic E-state index is 12.6. The van der Waals surface area contributed by atoms with Crippen LogP contribution in [0.25, 0.3) is 6.20 Å². The molecule has 1 aromatic heterocycles. The van der Waals surface area contributed by atoms with Crippen LogP contribution in [0.1, 0.15) is 19.2 Å². The maximum Gasteiger partial charge on any atom is 0.353 e. The summed E-state index contributed by atoms with van der Waals surface area (Å²) >= 11 is 1.28. The summed E-state index contributed by atoms with van der Waals surface area (Å²) in [4.78, 5) is 26.5. The SMILES string of the molecule is Cc1nnnn1/C=C/SC1=C(C(=O)O)N2C(=O)[C@@H]([C@H](C)O[Si](C)(C)C)[C@H]2C1. The minimum Gasteiger partial charge on any atom is -0.477 e. The van der Waals surface area contributed by atoms with Crippen LogP contribution >= 0.6 is 11.8 Å². The predicted molar refractivity (Wildman–Crippen MR) is 103 cm³/mol. The lowest BCUT2D eigenvalue weighted by Gasteiger charge is -2.46. The number of carboxylic acid groups (broad SMARTS) is 1. The number of rotatable bonds is 7. The van der Waals surface area contributed by atoms with Crippen molar-refractivity contribution >= 4 is 38.2 Å². The molecule has 146 valence electrons. The highest BCUT2D eigenvalue weighted by molar-refractivity contribution is 8.06. The summed E-state index contributed by atoms with van der Waals surface area (Å²) in [6, 6.07) is -0.152.